The highest BCUT2D eigenvalue weighted by Crippen LogP contribution is 2.28. The molecular formula is C21H14Cl2FN5O. The number of hydrogen-bond acceptors (Lipinski definition) is 4. The van der Waals surface area contributed by atoms with Crippen LogP contribution in [0.4, 0.5) is 4.39 Å². The van der Waals surface area contributed by atoms with Crippen LogP contribution in [0.5, 0.6) is 0 Å². The molecule has 0 saturated carbocycles. The third-order valence-electron chi connectivity index (χ3n) is 4.34. The Morgan fingerprint density at radius 1 is 1.07 bits per heavy atom. The van der Waals surface area contributed by atoms with Gasteiger partial charge in [-0.25, -0.2) is 9.07 Å². The zero-order valence-electron chi connectivity index (χ0n) is 15.4. The number of halogens is 3. The number of para-hydroxylation sites is 1. The molecule has 0 aliphatic heterocycles. The summed E-state index contributed by atoms with van der Waals surface area (Å²) in [4.78, 5) is 17.0. The van der Waals surface area contributed by atoms with Crippen LogP contribution in [-0.4, -0.2) is 25.9 Å². The summed E-state index contributed by atoms with van der Waals surface area (Å²) in [6.45, 7) is 0.143. The van der Waals surface area contributed by atoms with Crippen molar-refractivity contribution < 1.29 is 9.18 Å². The molecule has 0 unspecified atom stereocenters. The van der Waals surface area contributed by atoms with E-state index in [2.05, 4.69) is 20.6 Å². The first-order chi connectivity index (χ1) is 14.5. The van der Waals surface area contributed by atoms with Gasteiger partial charge in [-0.1, -0.05) is 46.6 Å². The van der Waals surface area contributed by atoms with Crippen molar-refractivity contribution >= 4 is 29.1 Å². The van der Waals surface area contributed by atoms with Gasteiger partial charge in [-0.05, 0) is 42.0 Å². The van der Waals surface area contributed by atoms with E-state index in [1.165, 1.54) is 16.8 Å². The second kappa shape index (κ2) is 8.61. The smallest absolute Gasteiger partial charge is 0.274 e. The van der Waals surface area contributed by atoms with E-state index < -0.39 is 11.7 Å². The Balaban J connectivity index is 1.70. The molecule has 0 aliphatic carbocycles. The van der Waals surface area contributed by atoms with Gasteiger partial charge in [-0.15, -0.1) is 5.10 Å². The van der Waals surface area contributed by atoms with Crippen molar-refractivity contribution in [1.29, 1.82) is 0 Å². The second-order valence-corrected chi connectivity index (χ2v) is 7.14. The van der Waals surface area contributed by atoms with Crippen molar-refractivity contribution in [1.82, 2.24) is 25.3 Å². The monoisotopic (exact) mass is 441 g/mol. The average Bonchev–Trinajstić information content (AvgIpc) is 3.20. The number of amides is 1. The molecule has 4 rings (SSSR count). The molecule has 0 saturated heterocycles. The van der Waals surface area contributed by atoms with Gasteiger partial charge in [-0.3, -0.25) is 9.78 Å². The zero-order valence-corrected chi connectivity index (χ0v) is 16.9. The molecule has 9 heteroatoms. The summed E-state index contributed by atoms with van der Waals surface area (Å²) in [6, 6.07) is 14.9. The van der Waals surface area contributed by atoms with Crippen LogP contribution in [-0.2, 0) is 6.54 Å². The summed E-state index contributed by atoms with van der Waals surface area (Å²) < 4.78 is 14.8. The fraction of sp³-hybridized carbons (Fsp3) is 0.0476. The molecule has 0 bridgehead atoms. The minimum absolute atomic E-state index is 0.0116. The summed E-state index contributed by atoms with van der Waals surface area (Å²) in [5.74, 6) is -0.971. The number of nitrogens with one attached hydrogen (secondary N) is 1. The van der Waals surface area contributed by atoms with E-state index in [9.17, 15) is 9.18 Å². The maximum Gasteiger partial charge on any atom is 0.274 e. The Hall–Kier alpha value is -3.29. The second-order valence-electron chi connectivity index (χ2n) is 6.32. The molecule has 1 amide bonds. The number of benzene rings is 2. The third-order valence-corrected chi connectivity index (χ3v) is 4.95. The van der Waals surface area contributed by atoms with Crippen LogP contribution >= 0.6 is 23.2 Å². The first-order valence-electron chi connectivity index (χ1n) is 8.87. The Labute approximate surface area is 181 Å². The highest BCUT2D eigenvalue weighted by atomic mass is 35.5. The van der Waals surface area contributed by atoms with Gasteiger partial charge < -0.3 is 5.32 Å². The lowest BCUT2D eigenvalue weighted by Crippen LogP contribution is -2.24. The van der Waals surface area contributed by atoms with Gasteiger partial charge >= 0.3 is 0 Å². The summed E-state index contributed by atoms with van der Waals surface area (Å²) in [6.07, 6.45) is 3.24. The average molecular weight is 442 g/mol. The van der Waals surface area contributed by atoms with Crippen LogP contribution in [0.2, 0.25) is 10.0 Å². The number of carbonyl (C=O) groups excluding carboxylic acids is 1. The van der Waals surface area contributed by atoms with E-state index in [-0.39, 0.29) is 17.3 Å². The minimum Gasteiger partial charge on any atom is -0.346 e. The molecule has 2 heterocycles. The highest BCUT2D eigenvalue weighted by molar-refractivity contribution is 6.32. The van der Waals surface area contributed by atoms with Crippen LogP contribution in [0.25, 0.3) is 16.9 Å². The van der Waals surface area contributed by atoms with E-state index in [1.807, 2.05) is 6.07 Å². The van der Waals surface area contributed by atoms with E-state index >= 15 is 0 Å². The van der Waals surface area contributed by atoms with Crippen LogP contribution in [0.15, 0.2) is 67.0 Å². The summed E-state index contributed by atoms with van der Waals surface area (Å²) in [5, 5.41) is 11.4. The molecule has 2 aromatic heterocycles. The summed E-state index contributed by atoms with van der Waals surface area (Å²) in [5.41, 5.74) is 2.44. The number of nitrogens with zero attached hydrogens (tertiary/aromatic N) is 4. The fourth-order valence-electron chi connectivity index (χ4n) is 2.90. The molecule has 0 atom stereocenters. The molecule has 0 spiro atoms. The Morgan fingerprint density at radius 2 is 1.90 bits per heavy atom. The number of pyridine rings is 1. The number of carbonyl (C=O) groups is 1. The number of rotatable bonds is 5. The Morgan fingerprint density at radius 3 is 2.63 bits per heavy atom. The van der Waals surface area contributed by atoms with Gasteiger partial charge in [0.15, 0.2) is 5.69 Å². The zero-order chi connectivity index (χ0) is 21.1. The van der Waals surface area contributed by atoms with Crippen LogP contribution in [0.1, 0.15) is 16.1 Å². The van der Waals surface area contributed by atoms with Crippen molar-refractivity contribution in [2.45, 2.75) is 6.54 Å². The van der Waals surface area contributed by atoms with Crippen molar-refractivity contribution in [2.75, 3.05) is 0 Å². The molecule has 30 heavy (non-hydrogen) atoms. The molecule has 0 aliphatic rings. The van der Waals surface area contributed by atoms with Gasteiger partial charge in [0.1, 0.15) is 11.5 Å². The predicted molar refractivity (Wildman–Crippen MR) is 112 cm³/mol. The lowest BCUT2D eigenvalue weighted by molar-refractivity contribution is 0.0946. The molecule has 150 valence electrons. The first-order valence-corrected chi connectivity index (χ1v) is 9.63. The standard InChI is InChI=1S/C21H14Cl2FN5O/c22-15-5-1-2-6-18(15)29-20(14-4-3-9-25-12-14)19(27-28-29)21(30)26-11-13-7-8-17(24)16(23)10-13/h1-10,12H,11H2,(H,26,30). The van der Waals surface area contributed by atoms with Crippen molar-refractivity contribution in [2.24, 2.45) is 0 Å². The van der Waals surface area contributed by atoms with Crippen LogP contribution in [0.3, 0.4) is 0 Å². The van der Waals surface area contributed by atoms with E-state index in [0.29, 0.717) is 27.5 Å². The summed E-state index contributed by atoms with van der Waals surface area (Å²) >= 11 is 12.1. The van der Waals surface area contributed by atoms with Crippen LogP contribution < -0.4 is 5.32 Å². The van der Waals surface area contributed by atoms with Gasteiger partial charge in [0.05, 0.1) is 15.7 Å². The van der Waals surface area contributed by atoms with Crippen molar-refractivity contribution in [3.05, 3.63) is 94.1 Å². The molecular weight excluding hydrogens is 428 g/mol. The molecule has 0 fully saturated rings. The fourth-order valence-corrected chi connectivity index (χ4v) is 3.32. The topological polar surface area (TPSA) is 72.7 Å². The molecule has 1 N–H and O–H groups in total. The predicted octanol–water partition coefficient (Wildman–Crippen LogP) is 4.71. The van der Waals surface area contributed by atoms with E-state index in [0.717, 1.165) is 0 Å². The number of hydrogen-bond donors (Lipinski definition) is 1. The SMILES string of the molecule is O=C(NCc1ccc(F)c(Cl)c1)c1nnn(-c2ccccc2Cl)c1-c1cccnc1. The molecule has 0 radical (unpaired) electrons. The maximum absolute atomic E-state index is 13.3. The molecule has 6 nitrogen and oxygen atoms in total. The normalized spacial score (nSPS) is 10.8. The Kier molecular flexibility index (Phi) is 5.74. The van der Waals surface area contributed by atoms with E-state index in [1.54, 1.807) is 48.8 Å². The van der Waals surface area contributed by atoms with E-state index in [4.69, 9.17) is 23.2 Å². The van der Waals surface area contributed by atoms with Crippen molar-refractivity contribution in [3.8, 4) is 16.9 Å². The van der Waals surface area contributed by atoms with Crippen LogP contribution in [0, 0.1) is 5.82 Å². The highest BCUT2D eigenvalue weighted by Gasteiger charge is 2.23. The van der Waals surface area contributed by atoms with Gasteiger partial charge in [0.25, 0.3) is 5.91 Å². The van der Waals surface area contributed by atoms with Gasteiger partial charge in [-0.2, -0.15) is 0 Å². The maximum atomic E-state index is 13.3. The largest absolute Gasteiger partial charge is 0.346 e. The Bertz CT molecular complexity index is 1210. The molecule has 4 aromatic rings. The quantitative estimate of drug-likeness (QED) is 0.486. The van der Waals surface area contributed by atoms with Crippen molar-refractivity contribution in [3.63, 3.8) is 0 Å². The molecule has 2 aromatic carbocycles. The lowest BCUT2D eigenvalue weighted by Gasteiger charge is -2.10. The third kappa shape index (κ3) is 4.03. The first kappa shape index (κ1) is 20.0. The lowest BCUT2D eigenvalue weighted by atomic mass is 10.1. The van der Waals surface area contributed by atoms with Gasteiger partial charge in [0, 0.05) is 24.5 Å². The minimum atomic E-state index is -0.520. The number of aromatic nitrogens is 4. The summed E-state index contributed by atoms with van der Waals surface area (Å²) in [7, 11) is 0. The van der Waals surface area contributed by atoms with Gasteiger partial charge in [0.2, 0.25) is 0 Å².